The van der Waals surface area contributed by atoms with Crippen LogP contribution in [0.25, 0.3) is 0 Å². The number of unbranched alkanes of at least 4 members (excludes halogenated alkanes) is 4. The van der Waals surface area contributed by atoms with Gasteiger partial charge in [0.15, 0.2) is 0 Å². The standard InChI is InChI=1S/C18H37ClO4S/c1-2-3-17-24-18-16-23-15-14-22-13-12-21-11-10-20-9-7-5-4-6-8-19/h2-18H2,1H3. The van der Waals surface area contributed by atoms with Crippen molar-refractivity contribution in [3.05, 3.63) is 0 Å². The molecule has 0 spiro atoms. The molecule has 0 amide bonds. The molecule has 0 N–H and O–H groups in total. The van der Waals surface area contributed by atoms with Crippen LogP contribution in [-0.4, -0.2) is 70.2 Å². The molecule has 0 aromatic carbocycles. The first-order valence-electron chi connectivity index (χ1n) is 9.36. The lowest BCUT2D eigenvalue weighted by Crippen LogP contribution is -2.12. The molecular weight excluding hydrogens is 348 g/mol. The van der Waals surface area contributed by atoms with Gasteiger partial charge in [-0.25, -0.2) is 0 Å². The van der Waals surface area contributed by atoms with Gasteiger partial charge in [0.1, 0.15) is 0 Å². The summed E-state index contributed by atoms with van der Waals surface area (Å²) in [6.07, 6.45) is 7.17. The third-order valence-corrected chi connectivity index (χ3v) is 4.60. The van der Waals surface area contributed by atoms with Crippen LogP contribution in [0.3, 0.4) is 0 Å². The van der Waals surface area contributed by atoms with E-state index in [0.29, 0.717) is 39.6 Å². The molecule has 0 unspecified atom stereocenters. The molecule has 0 fully saturated rings. The van der Waals surface area contributed by atoms with Crippen molar-refractivity contribution in [2.75, 3.05) is 70.2 Å². The van der Waals surface area contributed by atoms with Crippen molar-refractivity contribution in [3.63, 3.8) is 0 Å². The lowest BCUT2D eigenvalue weighted by molar-refractivity contribution is -0.000588. The molecule has 0 atom stereocenters. The number of thioether (sulfide) groups is 1. The van der Waals surface area contributed by atoms with Crippen molar-refractivity contribution in [3.8, 4) is 0 Å². The summed E-state index contributed by atoms with van der Waals surface area (Å²) >= 11 is 7.58. The fourth-order valence-electron chi connectivity index (χ4n) is 1.88. The summed E-state index contributed by atoms with van der Waals surface area (Å²) in [5.41, 5.74) is 0. The van der Waals surface area contributed by atoms with Gasteiger partial charge in [0, 0.05) is 18.2 Å². The molecule has 0 aromatic heterocycles. The maximum atomic E-state index is 5.62. The van der Waals surface area contributed by atoms with E-state index in [9.17, 15) is 0 Å². The van der Waals surface area contributed by atoms with E-state index in [-0.39, 0.29) is 0 Å². The minimum Gasteiger partial charge on any atom is -0.379 e. The van der Waals surface area contributed by atoms with Crippen LogP contribution >= 0.6 is 23.4 Å². The fraction of sp³-hybridized carbons (Fsp3) is 1.00. The number of ether oxygens (including phenoxy) is 4. The predicted octanol–water partition coefficient (Wildman–Crippen LogP) is 4.39. The van der Waals surface area contributed by atoms with E-state index in [0.717, 1.165) is 37.7 Å². The summed E-state index contributed by atoms with van der Waals surface area (Å²) in [6, 6.07) is 0. The summed E-state index contributed by atoms with van der Waals surface area (Å²) in [7, 11) is 0. The van der Waals surface area contributed by atoms with Crippen molar-refractivity contribution >= 4 is 23.4 Å². The van der Waals surface area contributed by atoms with Crippen molar-refractivity contribution in [2.24, 2.45) is 0 Å². The molecule has 4 nitrogen and oxygen atoms in total. The molecule has 0 bridgehead atoms. The van der Waals surface area contributed by atoms with Gasteiger partial charge in [-0.3, -0.25) is 0 Å². The summed E-state index contributed by atoms with van der Waals surface area (Å²) in [6.45, 7) is 7.69. The van der Waals surface area contributed by atoms with Gasteiger partial charge in [-0.2, -0.15) is 11.8 Å². The highest BCUT2D eigenvalue weighted by molar-refractivity contribution is 7.99. The number of hydrogen-bond donors (Lipinski definition) is 0. The van der Waals surface area contributed by atoms with E-state index >= 15 is 0 Å². The highest BCUT2D eigenvalue weighted by Gasteiger charge is 1.94. The normalized spacial score (nSPS) is 11.2. The van der Waals surface area contributed by atoms with Gasteiger partial charge in [-0.1, -0.05) is 26.2 Å². The third-order valence-electron chi connectivity index (χ3n) is 3.30. The van der Waals surface area contributed by atoms with Crippen LogP contribution in [0, 0.1) is 0 Å². The first-order valence-corrected chi connectivity index (χ1v) is 11.1. The SMILES string of the molecule is CCCCSCCOCCOCCOCCOCCCCCCCl. The molecule has 0 aliphatic heterocycles. The van der Waals surface area contributed by atoms with E-state index in [2.05, 4.69) is 6.92 Å². The maximum Gasteiger partial charge on any atom is 0.0701 e. The largest absolute Gasteiger partial charge is 0.379 e. The molecule has 0 aliphatic carbocycles. The third kappa shape index (κ3) is 22.5. The van der Waals surface area contributed by atoms with Crippen LogP contribution in [0.2, 0.25) is 0 Å². The zero-order valence-corrected chi connectivity index (χ0v) is 17.0. The van der Waals surface area contributed by atoms with E-state index in [1.807, 2.05) is 11.8 Å². The molecule has 0 radical (unpaired) electrons. The average Bonchev–Trinajstić information content (AvgIpc) is 2.60. The highest BCUT2D eigenvalue weighted by atomic mass is 35.5. The van der Waals surface area contributed by atoms with E-state index in [4.69, 9.17) is 30.5 Å². The minimum atomic E-state index is 0.617. The molecule has 0 aromatic rings. The Bertz CT molecular complexity index is 201. The quantitative estimate of drug-likeness (QED) is 0.217. The number of rotatable bonds is 21. The average molecular weight is 385 g/mol. The lowest BCUT2D eigenvalue weighted by Gasteiger charge is -2.07. The van der Waals surface area contributed by atoms with Crippen LogP contribution < -0.4 is 0 Å². The topological polar surface area (TPSA) is 36.9 Å². The Kier molecular flexibility index (Phi) is 23.9. The van der Waals surface area contributed by atoms with Gasteiger partial charge >= 0.3 is 0 Å². The summed E-state index contributed by atoms with van der Waals surface area (Å²) in [5.74, 6) is 3.09. The Labute approximate surface area is 158 Å². The van der Waals surface area contributed by atoms with Gasteiger partial charge in [-0.15, -0.1) is 11.6 Å². The molecule has 146 valence electrons. The maximum absolute atomic E-state index is 5.62. The molecule has 0 aliphatic rings. The van der Waals surface area contributed by atoms with Gasteiger partial charge < -0.3 is 18.9 Å². The van der Waals surface area contributed by atoms with Gasteiger partial charge in [0.25, 0.3) is 0 Å². The van der Waals surface area contributed by atoms with Crippen molar-refractivity contribution in [2.45, 2.75) is 45.4 Å². The van der Waals surface area contributed by atoms with Gasteiger partial charge in [-0.05, 0) is 25.0 Å². The second-order valence-corrected chi connectivity index (χ2v) is 7.12. The first-order chi connectivity index (χ1) is 11.9. The predicted molar refractivity (Wildman–Crippen MR) is 105 cm³/mol. The molecule has 0 saturated carbocycles. The lowest BCUT2D eigenvalue weighted by atomic mass is 10.2. The Hall–Kier alpha value is 0.480. The van der Waals surface area contributed by atoms with E-state index in [1.165, 1.54) is 31.4 Å². The van der Waals surface area contributed by atoms with E-state index < -0.39 is 0 Å². The van der Waals surface area contributed by atoms with Crippen molar-refractivity contribution in [1.29, 1.82) is 0 Å². The first kappa shape index (κ1) is 24.5. The van der Waals surface area contributed by atoms with Crippen LogP contribution in [0.1, 0.15) is 45.4 Å². The van der Waals surface area contributed by atoms with Crippen molar-refractivity contribution in [1.82, 2.24) is 0 Å². The number of alkyl halides is 1. The van der Waals surface area contributed by atoms with Crippen LogP contribution in [0.5, 0.6) is 0 Å². The molecule has 0 heterocycles. The van der Waals surface area contributed by atoms with Crippen molar-refractivity contribution < 1.29 is 18.9 Å². The summed E-state index contributed by atoms with van der Waals surface area (Å²) in [4.78, 5) is 0. The van der Waals surface area contributed by atoms with E-state index in [1.54, 1.807) is 0 Å². The smallest absolute Gasteiger partial charge is 0.0701 e. The van der Waals surface area contributed by atoms with Crippen LogP contribution in [0.4, 0.5) is 0 Å². The Morgan fingerprint density at radius 3 is 1.71 bits per heavy atom. The fourth-order valence-corrected chi connectivity index (χ4v) is 3.00. The zero-order chi connectivity index (χ0) is 17.6. The Morgan fingerprint density at radius 2 is 1.12 bits per heavy atom. The number of halogens is 1. The molecule has 6 heteroatoms. The Morgan fingerprint density at radius 1 is 0.583 bits per heavy atom. The minimum absolute atomic E-state index is 0.617. The van der Waals surface area contributed by atoms with Crippen LogP contribution in [-0.2, 0) is 18.9 Å². The monoisotopic (exact) mass is 384 g/mol. The highest BCUT2D eigenvalue weighted by Crippen LogP contribution is 2.03. The molecular formula is C18H37ClO4S. The second kappa shape index (κ2) is 23.5. The molecule has 24 heavy (non-hydrogen) atoms. The molecule has 0 saturated heterocycles. The van der Waals surface area contributed by atoms with Gasteiger partial charge in [0.2, 0.25) is 0 Å². The molecule has 0 rings (SSSR count). The number of hydrogen-bond acceptors (Lipinski definition) is 5. The zero-order valence-electron chi connectivity index (χ0n) is 15.4. The Balaban J connectivity index is 2.93. The summed E-state index contributed by atoms with van der Waals surface area (Å²) in [5, 5.41) is 0. The summed E-state index contributed by atoms with van der Waals surface area (Å²) < 4.78 is 21.9. The van der Waals surface area contributed by atoms with Gasteiger partial charge in [0.05, 0.1) is 46.2 Å². The second-order valence-electron chi connectivity index (χ2n) is 5.52. The van der Waals surface area contributed by atoms with Crippen LogP contribution in [0.15, 0.2) is 0 Å².